The molecule has 0 radical (unpaired) electrons. The first-order valence-corrected chi connectivity index (χ1v) is 1.35. The largest absolute Gasteiger partial charge is 0.120 e. The van der Waals surface area contributed by atoms with E-state index in [9.17, 15) is 0 Å². The molecule has 0 aromatic rings. The Labute approximate surface area is 26.8 Å². The Hall–Kier alpha value is -0.440. The van der Waals surface area contributed by atoms with E-state index in [-0.39, 0.29) is 0 Å². The lowest BCUT2D eigenvalue weighted by atomic mass is 10.5. The fourth-order valence-electron chi connectivity index (χ4n) is 0. The summed E-state index contributed by atoms with van der Waals surface area (Å²) in [7, 11) is 0. The minimum absolute atomic E-state index is 0.847. The lowest BCUT2D eigenvalue weighted by molar-refractivity contribution is 1.28. The second-order valence-corrected chi connectivity index (χ2v) is 0.558. The SMILES string of the molecule is C#CCC. The van der Waals surface area contributed by atoms with Gasteiger partial charge in [0.1, 0.15) is 0 Å². The van der Waals surface area contributed by atoms with Crippen LogP contribution < -0.4 is 0 Å². The highest BCUT2D eigenvalue weighted by atomic mass is 13.5. The molecule has 0 aliphatic carbocycles. The van der Waals surface area contributed by atoms with E-state index in [0.29, 0.717) is 0 Å². The lowest BCUT2D eigenvalue weighted by Gasteiger charge is -1.52. The van der Waals surface area contributed by atoms with Crippen LogP contribution in [-0.4, -0.2) is 0 Å². The molecule has 0 aromatic heterocycles. The van der Waals surface area contributed by atoms with Gasteiger partial charge in [0.25, 0.3) is 0 Å². The summed E-state index contributed by atoms with van der Waals surface area (Å²) in [6, 6.07) is 0. The van der Waals surface area contributed by atoms with Crippen LogP contribution in [0.5, 0.6) is 0 Å². The molecule has 0 bridgehead atoms. The Balaban J connectivity index is 2.43. The maximum atomic E-state index is 4.78. The molecule has 0 spiro atoms. The first-order chi connectivity index (χ1) is 1.91. The van der Waals surface area contributed by atoms with Crippen molar-refractivity contribution in [2.75, 3.05) is 0 Å². The fraction of sp³-hybridized carbons (Fsp3) is 0.500. The third-order valence-electron chi connectivity index (χ3n) is 0.204. The summed E-state index contributed by atoms with van der Waals surface area (Å²) in [5, 5.41) is 0. The van der Waals surface area contributed by atoms with Crippen molar-refractivity contribution < 1.29 is 0 Å². The van der Waals surface area contributed by atoms with Gasteiger partial charge in [-0.3, -0.25) is 0 Å². The fourth-order valence-corrected chi connectivity index (χ4v) is 0. The van der Waals surface area contributed by atoms with Crippen molar-refractivity contribution in [3.05, 3.63) is 0 Å². The molecule has 0 amide bonds. The van der Waals surface area contributed by atoms with Gasteiger partial charge in [-0.25, -0.2) is 0 Å². The number of hydrogen-bond donors (Lipinski definition) is 0. The van der Waals surface area contributed by atoms with E-state index in [4.69, 9.17) is 6.42 Å². The molecule has 0 rings (SSSR count). The third kappa shape index (κ3) is 1.56. The Kier molecular flexibility index (Phi) is 2.28. The smallest absolute Gasteiger partial charge is 0.00576 e. The molecular formula is C4H6. The monoisotopic (exact) mass is 54.0 g/mol. The molecule has 22 valence electrons. The van der Waals surface area contributed by atoms with E-state index in [1.54, 1.807) is 0 Å². The summed E-state index contributed by atoms with van der Waals surface area (Å²) in [5.41, 5.74) is 0. The topological polar surface area (TPSA) is 0 Å². The van der Waals surface area contributed by atoms with Gasteiger partial charge in [-0.2, -0.15) is 0 Å². The average molecular weight is 54.1 g/mol. The average Bonchev–Trinajstić information content (AvgIpc) is 1.37. The summed E-state index contributed by atoms with van der Waals surface area (Å²) in [6.45, 7) is 1.94. The summed E-state index contributed by atoms with van der Waals surface area (Å²) < 4.78 is 0. The van der Waals surface area contributed by atoms with Gasteiger partial charge in [0, 0.05) is 6.42 Å². The van der Waals surface area contributed by atoms with E-state index in [1.807, 2.05) is 6.92 Å². The zero-order valence-corrected chi connectivity index (χ0v) is 2.78. The van der Waals surface area contributed by atoms with Crippen LogP contribution in [0.3, 0.4) is 0 Å². The first-order valence-electron chi connectivity index (χ1n) is 1.35. The molecule has 0 heteroatoms. The maximum Gasteiger partial charge on any atom is 0.00576 e. The van der Waals surface area contributed by atoms with Crippen molar-refractivity contribution in [2.45, 2.75) is 13.3 Å². The molecule has 0 N–H and O–H groups in total. The Morgan fingerprint density at radius 2 is 2.25 bits per heavy atom. The molecule has 0 fully saturated rings. The van der Waals surface area contributed by atoms with Crippen molar-refractivity contribution in [3.8, 4) is 12.3 Å². The van der Waals surface area contributed by atoms with Gasteiger partial charge in [0.2, 0.25) is 0 Å². The second kappa shape index (κ2) is 2.56. The number of terminal acetylenes is 1. The quantitative estimate of drug-likeness (QED) is 0.362. The van der Waals surface area contributed by atoms with Gasteiger partial charge in [0.05, 0.1) is 0 Å². The van der Waals surface area contributed by atoms with Crippen LogP contribution >= 0.6 is 0 Å². The molecular weight excluding hydrogens is 48.0 g/mol. The highest BCUT2D eigenvalue weighted by molar-refractivity contribution is 4.80. The van der Waals surface area contributed by atoms with Crippen molar-refractivity contribution in [2.24, 2.45) is 0 Å². The van der Waals surface area contributed by atoms with Crippen molar-refractivity contribution in [1.82, 2.24) is 0 Å². The van der Waals surface area contributed by atoms with Gasteiger partial charge in [-0.15, -0.1) is 12.3 Å². The molecule has 0 aliphatic rings. The molecule has 0 aliphatic heterocycles. The molecule has 0 unspecified atom stereocenters. The van der Waals surface area contributed by atoms with Crippen molar-refractivity contribution >= 4 is 0 Å². The zero-order valence-electron chi connectivity index (χ0n) is 2.78. The van der Waals surface area contributed by atoms with Crippen LogP contribution in [0.4, 0.5) is 0 Å². The van der Waals surface area contributed by atoms with E-state index in [1.165, 1.54) is 0 Å². The number of hydrogen-bond acceptors (Lipinski definition) is 0. The molecule has 0 saturated carbocycles. The Morgan fingerprint density at radius 3 is 2.25 bits per heavy atom. The van der Waals surface area contributed by atoms with Crippen molar-refractivity contribution in [3.63, 3.8) is 0 Å². The summed E-state index contributed by atoms with van der Waals surface area (Å²) >= 11 is 0. The predicted molar refractivity (Wildman–Crippen MR) is 19.1 cm³/mol. The highest BCUT2D eigenvalue weighted by Gasteiger charge is 1.43. The van der Waals surface area contributed by atoms with E-state index < -0.39 is 0 Å². The third-order valence-corrected chi connectivity index (χ3v) is 0.204. The van der Waals surface area contributed by atoms with Crippen LogP contribution in [0, 0.1) is 12.3 Å². The molecule has 0 heterocycles. The Morgan fingerprint density at radius 1 is 2.00 bits per heavy atom. The Bertz CT molecular complexity index is 29.8. The predicted octanol–water partition coefficient (Wildman–Crippen LogP) is 1.03. The van der Waals surface area contributed by atoms with Crippen LogP contribution in [-0.2, 0) is 0 Å². The lowest BCUT2D eigenvalue weighted by Crippen LogP contribution is -1.38. The molecule has 0 aromatic carbocycles. The normalized spacial score (nSPS) is 5.00. The van der Waals surface area contributed by atoms with Gasteiger partial charge in [-0.05, 0) is 0 Å². The van der Waals surface area contributed by atoms with Gasteiger partial charge < -0.3 is 0 Å². The van der Waals surface area contributed by atoms with Crippen LogP contribution in [0.15, 0.2) is 0 Å². The standard InChI is InChI=1S/C4H6/c1-3-4-2/h1H,4H2,2H3. The highest BCUT2D eigenvalue weighted by Crippen LogP contribution is 1.58. The van der Waals surface area contributed by atoms with E-state index >= 15 is 0 Å². The first kappa shape index (κ1) is 3.56. The van der Waals surface area contributed by atoms with Crippen LogP contribution in [0.2, 0.25) is 0 Å². The number of rotatable bonds is 0. The zero-order chi connectivity index (χ0) is 3.41. The molecule has 0 atom stereocenters. The minimum Gasteiger partial charge on any atom is -0.120 e. The second-order valence-electron chi connectivity index (χ2n) is 0.558. The summed E-state index contributed by atoms with van der Waals surface area (Å²) in [6.07, 6.45) is 5.62. The van der Waals surface area contributed by atoms with Crippen molar-refractivity contribution in [1.29, 1.82) is 0 Å². The van der Waals surface area contributed by atoms with E-state index in [2.05, 4.69) is 5.92 Å². The van der Waals surface area contributed by atoms with E-state index in [0.717, 1.165) is 6.42 Å². The van der Waals surface area contributed by atoms with Crippen LogP contribution in [0.1, 0.15) is 13.3 Å². The van der Waals surface area contributed by atoms with Gasteiger partial charge in [-0.1, -0.05) is 6.92 Å². The molecule has 0 saturated heterocycles. The summed E-state index contributed by atoms with van der Waals surface area (Å²) in [4.78, 5) is 0. The maximum absolute atomic E-state index is 4.78. The van der Waals surface area contributed by atoms with Crippen LogP contribution in [0.25, 0.3) is 0 Å². The summed E-state index contributed by atoms with van der Waals surface area (Å²) in [5.74, 6) is 2.43. The van der Waals surface area contributed by atoms with Gasteiger partial charge >= 0.3 is 0 Å². The molecule has 4 heavy (non-hydrogen) atoms. The molecule has 0 nitrogen and oxygen atoms in total. The van der Waals surface area contributed by atoms with Gasteiger partial charge in [0.15, 0.2) is 0 Å². The minimum atomic E-state index is 0.847.